The number of nitrogens with zero attached hydrogens (tertiary/aromatic N) is 2. The Bertz CT molecular complexity index is 332. The molecule has 1 heterocycles. The average Bonchev–Trinajstić information content (AvgIpc) is 2.37. The summed E-state index contributed by atoms with van der Waals surface area (Å²) in [5, 5.41) is 0.520. The first-order valence-electron chi connectivity index (χ1n) is 5.99. The number of pyridine rings is 1. The van der Waals surface area contributed by atoms with Crippen LogP contribution in [0.5, 0.6) is 0 Å². The van der Waals surface area contributed by atoms with Crippen molar-refractivity contribution in [3.05, 3.63) is 29.0 Å². The summed E-state index contributed by atoms with van der Waals surface area (Å²) >= 11 is 5.78. The molecule has 0 amide bonds. The normalized spacial score (nSPS) is 12.9. The lowest BCUT2D eigenvalue weighted by Gasteiger charge is -2.28. The summed E-state index contributed by atoms with van der Waals surface area (Å²) in [6.45, 7) is 5.23. The smallest absolute Gasteiger partial charge is 0.129 e. The van der Waals surface area contributed by atoms with Crippen molar-refractivity contribution >= 4 is 11.6 Å². The molecule has 0 N–H and O–H groups in total. The molecule has 102 valence electrons. The molecule has 0 saturated heterocycles. The maximum atomic E-state index is 5.78. The van der Waals surface area contributed by atoms with Crippen molar-refractivity contribution in [3.8, 4) is 0 Å². The molecule has 0 radical (unpaired) electrons. The molecule has 0 fully saturated rings. The first kappa shape index (κ1) is 15.4. The van der Waals surface area contributed by atoms with Crippen LogP contribution < -0.4 is 0 Å². The van der Waals surface area contributed by atoms with E-state index in [1.165, 1.54) is 0 Å². The molecule has 0 aliphatic carbocycles. The summed E-state index contributed by atoms with van der Waals surface area (Å²) in [5.74, 6) is 0. The molecule has 0 aliphatic rings. The van der Waals surface area contributed by atoms with Crippen LogP contribution in [-0.4, -0.2) is 49.9 Å². The fourth-order valence-electron chi connectivity index (χ4n) is 1.74. The van der Waals surface area contributed by atoms with Gasteiger partial charge >= 0.3 is 0 Å². The minimum absolute atomic E-state index is 0.334. The summed E-state index contributed by atoms with van der Waals surface area (Å²) in [6.07, 6.45) is 1.81. The zero-order valence-corrected chi connectivity index (χ0v) is 12.0. The zero-order chi connectivity index (χ0) is 13.4. The van der Waals surface area contributed by atoms with Crippen LogP contribution in [0.4, 0.5) is 0 Å². The lowest BCUT2D eigenvalue weighted by atomic mass is 10.2. The number of hydrogen-bond donors (Lipinski definition) is 0. The van der Waals surface area contributed by atoms with Crippen molar-refractivity contribution in [1.29, 1.82) is 0 Å². The molecular formula is C13H21ClN2O2. The predicted octanol–water partition coefficient (Wildman–Crippen LogP) is 2.22. The molecule has 1 unspecified atom stereocenters. The van der Waals surface area contributed by atoms with E-state index in [0.29, 0.717) is 24.4 Å². The van der Waals surface area contributed by atoms with E-state index < -0.39 is 0 Å². The molecule has 18 heavy (non-hydrogen) atoms. The van der Waals surface area contributed by atoms with Gasteiger partial charge < -0.3 is 9.47 Å². The fourth-order valence-corrected chi connectivity index (χ4v) is 1.86. The topological polar surface area (TPSA) is 34.6 Å². The van der Waals surface area contributed by atoms with Crippen molar-refractivity contribution < 1.29 is 9.47 Å². The lowest BCUT2D eigenvalue weighted by molar-refractivity contribution is 0.0704. The zero-order valence-electron chi connectivity index (χ0n) is 11.2. The third kappa shape index (κ3) is 5.31. The SMILES string of the molecule is COCCN(Cc1ccc(Cl)nc1)C(C)COC. The number of halogens is 1. The van der Waals surface area contributed by atoms with Crippen LogP contribution in [0.25, 0.3) is 0 Å². The lowest BCUT2D eigenvalue weighted by Crippen LogP contribution is -2.38. The number of ether oxygens (including phenoxy) is 2. The molecule has 0 bridgehead atoms. The molecular weight excluding hydrogens is 252 g/mol. The Morgan fingerprint density at radius 1 is 1.33 bits per heavy atom. The van der Waals surface area contributed by atoms with Gasteiger partial charge in [0.05, 0.1) is 13.2 Å². The van der Waals surface area contributed by atoms with Crippen molar-refractivity contribution in [3.63, 3.8) is 0 Å². The van der Waals surface area contributed by atoms with Crippen LogP contribution in [-0.2, 0) is 16.0 Å². The molecule has 0 aromatic carbocycles. The van der Waals surface area contributed by atoms with E-state index in [0.717, 1.165) is 18.7 Å². The van der Waals surface area contributed by atoms with Crippen LogP contribution in [0.1, 0.15) is 12.5 Å². The largest absolute Gasteiger partial charge is 0.383 e. The van der Waals surface area contributed by atoms with Gasteiger partial charge in [0, 0.05) is 39.5 Å². The molecule has 4 nitrogen and oxygen atoms in total. The van der Waals surface area contributed by atoms with Crippen molar-refractivity contribution in [2.24, 2.45) is 0 Å². The predicted molar refractivity (Wildman–Crippen MR) is 72.9 cm³/mol. The number of aromatic nitrogens is 1. The standard InChI is InChI=1S/C13H21ClN2O2/c1-11(10-18-3)16(6-7-17-2)9-12-4-5-13(14)15-8-12/h4-5,8,11H,6-7,9-10H2,1-3H3. The third-order valence-electron chi connectivity index (χ3n) is 2.79. The monoisotopic (exact) mass is 272 g/mol. The highest BCUT2D eigenvalue weighted by molar-refractivity contribution is 6.29. The van der Waals surface area contributed by atoms with Gasteiger partial charge in [0.25, 0.3) is 0 Å². The number of rotatable bonds is 8. The van der Waals surface area contributed by atoms with E-state index >= 15 is 0 Å². The van der Waals surface area contributed by atoms with E-state index in [9.17, 15) is 0 Å². The van der Waals surface area contributed by atoms with Crippen LogP contribution in [0, 0.1) is 0 Å². The second-order valence-corrected chi connectivity index (χ2v) is 4.64. The fraction of sp³-hybridized carbons (Fsp3) is 0.615. The van der Waals surface area contributed by atoms with Crippen LogP contribution in [0.2, 0.25) is 5.15 Å². The van der Waals surface area contributed by atoms with Crippen molar-refractivity contribution in [1.82, 2.24) is 9.88 Å². The van der Waals surface area contributed by atoms with E-state index in [2.05, 4.69) is 16.8 Å². The van der Waals surface area contributed by atoms with E-state index in [4.69, 9.17) is 21.1 Å². The van der Waals surface area contributed by atoms with E-state index in [-0.39, 0.29) is 0 Å². The van der Waals surface area contributed by atoms with Gasteiger partial charge in [-0.2, -0.15) is 0 Å². The molecule has 1 aromatic rings. The van der Waals surface area contributed by atoms with Gasteiger partial charge in [-0.1, -0.05) is 17.7 Å². The Hall–Kier alpha value is -0.680. The highest BCUT2D eigenvalue weighted by Gasteiger charge is 2.14. The highest BCUT2D eigenvalue weighted by Crippen LogP contribution is 2.10. The van der Waals surface area contributed by atoms with Gasteiger partial charge in [-0.05, 0) is 18.6 Å². The van der Waals surface area contributed by atoms with Gasteiger partial charge in [-0.3, -0.25) is 4.90 Å². The second kappa shape index (κ2) is 8.43. The molecule has 0 aliphatic heterocycles. The minimum Gasteiger partial charge on any atom is -0.383 e. The van der Waals surface area contributed by atoms with Gasteiger partial charge in [0.1, 0.15) is 5.15 Å². The quantitative estimate of drug-likeness (QED) is 0.680. The second-order valence-electron chi connectivity index (χ2n) is 4.26. The first-order chi connectivity index (χ1) is 8.67. The molecule has 1 aromatic heterocycles. The maximum Gasteiger partial charge on any atom is 0.129 e. The summed E-state index contributed by atoms with van der Waals surface area (Å²) in [7, 11) is 3.43. The third-order valence-corrected chi connectivity index (χ3v) is 3.01. The Labute approximate surface area is 114 Å². The van der Waals surface area contributed by atoms with Crippen molar-refractivity contribution in [2.75, 3.05) is 34.0 Å². The van der Waals surface area contributed by atoms with Crippen LogP contribution >= 0.6 is 11.6 Å². The van der Waals surface area contributed by atoms with Crippen LogP contribution in [0.3, 0.4) is 0 Å². The van der Waals surface area contributed by atoms with Crippen LogP contribution in [0.15, 0.2) is 18.3 Å². The maximum absolute atomic E-state index is 5.78. The van der Waals surface area contributed by atoms with E-state index in [1.807, 2.05) is 18.3 Å². The van der Waals surface area contributed by atoms with Crippen molar-refractivity contribution in [2.45, 2.75) is 19.5 Å². The first-order valence-corrected chi connectivity index (χ1v) is 6.37. The van der Waals surface area contributed by atoms with Gasteiger partial charge in [0.15, 0.2) is 0 Å². The van der Waals surface area contributed by atoms with E-state index in [1.54, 1.807) is 14.2 Å². The Balaban J connectivity index is 2.61. The minimum atomic E-state index is 0.334. The molecule has 5 heteroatoms. The summed E-state index contributed by atoms with van der Waals surface area (Å²) < 4.78 is 10.3. The summed E-state index contributed by atoms with van der Waals surface area (Å²) in [5.41, 5.74) is 1.14. The number of methoxy groups -OCH3 is 2. The highest BCUT2D eigenvalue weighted by atomic mass is 35.5. The van der Waals surface area contributed by atoms with Gasteiger partial charge in [0.2, 0.25) is 0 Å². The Morgan fingerprint density at radius 3 is 2.67 bits per heavy atom. The van der Waals surface area contributed by atoms with Gasteiger partial charge in [-0.15, -0.1) is 0 Å². The molecule has 0 spiro atoms. The summed E-state index contributed by atoms with van der Waals surface area (Å²) in [6, 6.07) is 4.14. The number of hydrogen-bond acceptors (Lipinski definition) is 4. The summed E-state index contributed by atoms with van der Waals surface area (Å²) in [4.78, 5) is 6.40. The molecule has 0 saturated carbocycles. The van der Waals surface area contributed by atoms with Gasteiger partial charge in [-0.25, -0.2) is 4.98 Å². The average molecular weight is 273 g/mol. The Morgan fingerprint density at radius 2 is 2.11 bits per heavy atom. The molecule has 1 atom stereocenters. The Kier molecular flexibility index (Phi) is 7.20. The molecule has 1 rings (SSSR count).